The predicted molar refractivity (Wildman–Crippen MR) is 66.1 cm³/mol. The van der Waals surface area contributed by atoms with Crippen LogP contribution in [-0.4, -0.2) is 21.4 Å². The van der Waals surface area contributed by atoms with Crippen LogP contribution in [0.15, 0.2) is 24.3 Å². The van der Waals surface area contributed by atoms with E-state index in [2.05, 4.69) is 16.2 Å². The highest BCUT2D eigenvalue weighted by Gasteiger charge is 2.02. The summed E-state index contributed by atoms with van der Waals surface area (Å²) < 4.78 is 7.39. The molecule has 92 valence electrons. The molecule has 1 aromatic heterocycles. The lowest BCUT2D eigenvalue weighted by atomic mass is 10.2. The van der Waals surface area contributed by atoms with Crippen LogP contribution in [0.1, 0.15) is 17.2 Å². The Bertz CT molecular complexity index is 583. The van der Waals surface area contributed by atoms with Gasteiger partial charge in [-0.25, -0.2) is 9.67 Å². The summed E-state index contributed by atoms with van der Waals surface area (Å²) in [5.74, 6) is 2.34. The molecule has 0 fully saturated rings. The topological polar surface area (TPSA) is 63.7 Å². The second kappa shape index (κ2) is 5.32. The second-order valence-electron chi connectivity index (χ2n) is 3.92. The maximum absolute atomic E-state index is 8.78. The summed E-state index contributed by atoms with van der Waals surface area (Å²) in [6, 6.07) is 9.19. The molecule has 2 rings (SSSR count). The predicted octanol–water partition coefficient (Wildman–Crippen LogP) is 1.85. The minimum atomic E-state index is 0.499. The first-order valence-corrected chi connectivity index (χ1v) is 5.70. The fourth-order valence-corrected chi connectivity index (χ4v) is 1.68. The number of nitriles is 1. The number of aromatic nitrogens is 3. The summed E-state index contributed by atoms with van der Waals surface area (Å²) in [5, 5.41) is 13.0. The molecule has 0 radical (unpaired) electrons. The molecular formula is C13H14N4O. The first-order chi connectivity index (χ1) is 8.69. The van der Waals surface area contributed by atoms with Gasteiger partial charge < -0.3 is 4.74 Å². The fourth-order valence-electron chi connectivity index (χ4n) is 1.68. The van der Waals surface area contributed by atoms with Crippen molar-refractivity contribution in [1.29, 1.82) is 5.26 Å². The molecule has 0 unspecified atom stereocenters. The Morgan fingerprint density at radius 1 is 1.39 bits per heavy atom. The first-order valence-electron chi connectivity index (χ1n) is 5.70. The molecule has 1 heterocycles. The zero-order valence-corrected chi connectivity index (χ0v) is 10.4. The molecule has 0 N–H and O–H groups in total. The molecule has 0 bridgehead atoms. The largest absolute Gasteiger partial charge is 0.492 e. The van der Waals surface area contributed by atoms with Crippen molar-refractivity contribution in [3.05, 3.63) is 41.5 Å². The van der Waals surface area contributed by atoms with Gasteiger partial charge >= 0.3 is 0 Å². The molecule has 0 atom stereocenters. The third-order valence-electron chi connectivity index (χ3n) is 2.50. The van der Waals surface area contributed by atoms with Gasteiger partial charge in [0.15, 0.2) is 0 Å². The van der Waals surface area contributed by atoms with Crippen LogP contribution in [0.2, 0.25) is 0 Å². The van der Waals surface area contributed by atoms with E-state index >= 15 is 0 Å². The van der Waals surface area contributed by atoms with Crippen LogP contribution < -0.4 is 4.74 Å². The van der Waals surface area contributed by atoms with Gasteiger partial charge in [-0.15, -0.1) is 0 Å². The van der Waals surface area contributed by atoms with E-state index in [0.29, 0.717) is 24.5 Å². The third kappa shape index (κ3) is 2.86. The average molecular weight is 242 g/mol. The van der Waals surface area contributed by atoms with Gasteiger partial charge in [0.25, 0.3) is 0 Å². The summed E-state index contributed by atoms with van der Waals surface area (Å²) in [7, 11) is 0. The maximum atomic E-state index is 8.78. The summed E-state index contributed by atoms with van der Waals surface area (Å²) in [4.78, 5) is 4.22. The number of ether oxygens (including phenoxy) is 1. The molecule has 18 heavy (non-hydrogen) atoms. The molecule has 5 heteroatoms. The van der Waals surface area contributed by atoms with Crippen molar-refractivity contribution in [1.82, 2.24) is 14.8 Å². The average Bonchev–Trinajstić information content (AvgIpc) is 2.68. The van der Waals surface area contributed by atoms with Gasteiger partial charge in [-0.05, 0) is 32.0 Å². The molecule has 0 saturated heterocycles. The van der Waals surface area contributed by atoms with E-state index in [-0.39, 0.29) is 0 Å². The van der Waals surface area contributed by atoms with Crippen molar-refractivity contribution in [2.45, 2.75) is 20.4 Å². The number of hydrogen-bond donors (Lipinski definition) is 0. The summed E-state index contributed by atoms with van der Waals surface area (Å²) in [6.07, 6.45) is 0. The van der Waals surface area contributed by atoms with E-state index in [0.717, 1.165) is 11.6 Å². The van der Waals surface area contributed by atoms with Crippen LogP contribution in [-0.2, 0) is 6.54 Å². The van der Waals surface area contributed by atoms with Gasteiger partial charge in [0.2, 0.25) is 0 Å². The van der Waals surface area contributed by atoms with Crippen LogP contribution in [0.5, 0.6) is 5.75 Å². The number of aryl methyl sites for hydroxylation is 2. The van der Waals surface area contributed by atoms with Crippen LogP contribution >= 0.6 is 0 Å². The monoisotopic (exact) mass is 242 g/mol. The number of benzene rings is 1. The number of hydrogen-bond acceptors (Lipinski definition) is 4. The minimum absolute atomic E-state index is 0.499. The van der Waals surface area contributed by atoms with Crippen molar-refractivity contribution in [3.8, 4) is 11.8 Å². The highest BCUT2D eigenvalue weighted by Crippen LogP contribution is 2.12. The lowest BCUT2D eigenvalue weighted by Gasteiger charge is -2.07. The Kier molecular flexibility index (Phi) is 3.58. The molecule has 0 amide bonds. The summed E-state index contributed by atoms with van der Waals surface area (Å²) in [6.45, 7) is 4.92. The van der Waals surface area contributed by atoms with E-state index in [4.69, 9.17) is 10.00 Å². The van der Waals surface area contributed by atoms with E-state index < -0.39 is 0 Å². The lowest BCUT2D eigenvalue weighted by molar-refractivity contribution is 0.289. The van der Waals surface area contributed by atoms with Crippen molar-refractivity contribution in [2.24, 2.45) is 0 Å². The number of nitrogens with zero attached hydrogens (tertiary/aromatic N) is 4. The quantitative estimate of drug-likeness (QED) is 0.820. The van der Waals surface area contributed by atoms with E-state index in [1.165, 1.54) is 0 Å². The molecule has 0 spiro atoms. The SMILES string of the molecule is Cc1nc(C)n(CCOc2cccc(C#N)c2)n1. The van der Waals surface area contributed by atoms with Crippen molar-refractivity contribution >= 4 is 0 Å². The lowest BCUT2D eigenvalue weighted by Crippen LogP contribution is -2.11. The van der Waals surface area contributed by atoms with E-state index in [9.17, 15) is 0 Å². The molecule has 2 aromatic rings. The Morgan fingerprint density at radius 2 is 2.22 bits per heavy atom. The highest BCUT2D eigenvalue weighted by atomic mass is 16.5. The van der Waals surface area contributed by atoms with Crippen molar-refractivity contribution in [3.63, 3.8) is 0 Å². The zero-order chi connectivity index (χ0) is 13.0. The molecule has 5 nitrogen and oxygen atoms in total. The third-order valence-corrected chi connectivity index (χ3v) is 2.50. The van der Waals surface area contributed by atoms with Crippen LogP contribution in [0, 0.1) is 25.2 Å². The highest BCUT2D eigenvalue weighted by molar-refractivity contribution is 5.36. The van der Waals surface area contributed by atoms with Crippen LogP contribution in [0.4, 0.5) is 0 Å². The Labute approximate surface area is 106 Å². The Balaban J connectivity index is 1.92. The van der Waals surface area contributed by atoms with Gasteiger partial charge in [0.1, 0.15) is 24.0 Å². The molecule has 1 aromatic carbocycles. The van der Waals surface area contributed by atoms with E-state index in [1.807, 2.05) is 24.6 Å². The standard InChI is InChI=1S/C13H14N4O/c1-10-15-11(2)17(16-10)6-7-18-13-5-3-4-12(8-13)9-14/h3-5,8H,6-7H2,1-2H3. The van der Waals surface area contributed by atoms with Gasteiger partial charge in [0.05, 0.1) is 18.2 Å². The molecular weight excluding hydrogens is 228 g/mol. The molecule has 0 aliphatic heterocycles. The molecule has 0 saturated carbocycles. The normalized spacial score (nSPS) is 10.1. The fraction of sp³-hybridized carbons (Fsp3) is 0.308. The molecule has 0 aliphatic rings. The van der Waals surface area contributed by atoms with Crippen LogP contribution in [0.25, 0.3) is 0 Å². The van der Waals surface area contributed by atoms with Gasteiger partial charge in [-0.2, -0.15) is 10.4 Å². The smallest absolute Gasteiger partial charge is 0.147 e. The maximum Gasteiger partial charge on any atom is 0.147 e. The zero-order valence-electron chi connectivity index (χ0n) is 10.4. The minimum Gasteiger partial charge on any atom is -0.492 e. The second-order valence-corrected chi connectivity index (χ2v) is 3.92. The van der Waals surface area contributed by atoms with Crippen LogP contribution in [0.3, 0.4) is 0 Å². The summed E-state index contributed by atoms with van der Waals surface area (Å²) in [5.41, 5.74) is 0.597. The van der Waals surface area contributed by atoms with E-state index in [1.54, 1.807) is 18.2 Å². The van der Waals surface area contributed by atoms with Gasteiger partial charge in [-0.3, -0.25) is 0 Å². The Morgan fingerprint density at radius 3 is 2.89 bits per heavy atom. The van der Waals surface area contributed by atoms with Gasteiger partial charge in [-0.1, -0.05) is 6.07 Å². The van der Waals surface area contributed by atoms with Crippen molar-refractivity contribution < 1.29 is 4.74 Å². The van der Waals surface area contributed by atoms with Crippen molar-refractivity contribution in [2.75, 3.05) is 6.61 Å². The molecule has 0 aliphatic carbocycles. The van der Waals surface area contributed by atoms with Gasteiger partial charge in [0, 0.05) is 0 Å². The Hall–Kier alpha value is -2.35. The number of rotatable bonds is 4. The first kappa shape index (κ1) is 12.1. The summed E-state index contributed by atoms with van der Waals surface area (Å²) >= 11 is 0.